The molecule has 0 bridgehead atoms. The number of aromatic nitrogens is 1. The van der Waals surface area contributed by atoms with Crippen LogP contribution in [0.4, 0.5) is 0 Å². The first-order valence-corrected chi connectivity index (χ1v) is 10.3. The molecule has 0 saturated carbocycles. The average molecular weight is 519 g/mol. The minimum absolute atomic E-state index is 0. The van der Waals surface area contributed by atoms with Crippen LogP contribution in [0.3, 0.4) is 0 Å². The van der Waals surface area contributed by atoms with E-state index in [4.69, 9.17) is 21.1 Å². The Morgan fingerprint density at radius 3 is 2.41 bits per heavy atom. The summed E-state index contributed by atoms with van der Waals surface area (Å²) in [6.07, 6.45) is 4.51. The quantitative estimate of drug-likeness (QED) is 0.320. The molecule has 0 radical (unpaired) electrons. The summed E-state index contributed by atoms with van der Waals surface area (Å²) in [5, 5.41) is 0.676. The van der Waals surface area contributed by atoms with Crippen molar-refractivity contribution >= 4 is 23.2 Å². The molecule has 3 aromatic rings. The third-order valence-electron chi connectivity index (χ3n) is 5.07. The molecule has 5 nitrogen and oxygen atoms in total. The van der Waals surface area contributed by atoms with Crippen LogP contribution in [0.2, 0.25) is 5.02 Å². The molecular weight excluding hydrogens is 494 g/mol. The molecule has 2 aromatic carbocycles. The summed E-state index contributed by atoms with van der Waals surface area (Å²) >= 11 is 6.07. The molecular formula is C25H25BrClNO4. The highest BCUT2D eigenvalue weighted by Crippen LogP contribution is 2.28. The molecule has 0 unspecified atom stereocenters. The molecule has 1 heterocycles. The lowest BCUT2D eigenvalue weighted by Gasteiger charge is -2.10. The third kappa shape index (κ3) is 6.40. The van der Waals surface area contributed by atoms with Crippen molar-refractivity contribution in [2.45, 2.75) is 26.3 Å². The fraction of sp³-hybridized carbons (Fsp3) is 0.240. The monoisotopic (exact) mass is 517 g/mol. The van der Waals surface area contributed by atoms with Crippen LogP contribution in [0.15, 0.2) is 60.9 Å². The number of carbonyl (C=O) groups excluding carboxylic acids is 2. The summed E-state index contributed by atoms with van der Waals surface area (Å²) in [5.74, 6) is 1.03. The van der Waals surface area contributed by atoms with Crippen molar-refractivity contribution in [3.8, 4) is 11.5 Å². The van der Waals surface area contributed by atoms with Gasteiger partial charge in [-0.1, -0.05) is 23.7 Å². The summed E-state index contributed by atoms with van der Waals surface area (Å²) in [4.78, 5) is 25.0. The average Bonchev–Trinajstić information content (AvgIpc) is 2.77. The number of ether oxygens (including phenoxy) is 2. The predicted octanol–water partition coefficient (Wildman–Crippen LogP) is 1.72. The summed E-state index contributed by atoms with van der Waals surface area (Å²) in [5.41, 5.74) is 3.06. The van der Waals surface area contributed by atoms with Gasteiger partial charge in [0, 0.05) is 28.6 Å². The first kappa shape index (κ1) is 25.6. The van der Waals surface area contributed by atoms with Crippen molar-refractivity contribution in [3.63, 3.8) is 0 Å². The van der Waals surface area contributed by atoms with Crippen molar-refractivity contribution in [1.29, 1.82) is 0 Å². The zero-order valence-electron chi connectivity index (χ0n) is 18.2. The Labute approximate surface area is 203 Å². The Bertz CT molecular complexity index is 1120. The van der Waals surface area contributed by atoms with E-state index in [2.05, 4.69) is 0 Å². The van der Waals surface area contributed by atoms with Crippen LogP contribution in [0.1, 0.15) is 45.2 Å². The second kappa shape index (κ2) is 11.8. The Morgan fingerprint density at radius 1 is 1.00 bits per heavy atom. The second-order valence-electron chi connectivity index (χ2n) is 7.24. The van der Waals surface area contributed by atoms with Crippen molar-refractivity contribution in [2.24, 2.45) is 0 Å². The number of pyridine rings is 1. The van der Waals surface area contributed by atoms with Gasteiger partial charge in [-0.3, -0.25) is 9.59 Å². The molecule has 0 spiro atoms. The van der Waals surface area contributed by atoms with E-state index in [0.717, 1.165) is 11.1 Å². The third-order valence-corrected chi connectivity index (χ3v) is 5.30. The van der Waals surface area contributed by atoms with E-state index < -0.39 is 0 Å². The van der Waals surface area contributed by atoms with E-state index in [1.165, 1.54) is 7.11 Å². The number of Topliss-reactive ketones (excluding diaryl/α,β-unsaturated/α-hetero) is 2. The number of carbonyl (C=O) groups is 2. The highest BCUT2D eigenvalue weighted by molar-refractivity contribution is 6.30. The number of ketones is 2. The van der Waals surface area contributed by atoms with Gasteiger partial charge < -0.3 is 26.5 Å². The number of halogens is 2. The number of aryl methyl sites for hydroxylation is 1. The topological polar surface area (TPSA) is 56.5 Å². The van der Waals surface area contributed by atoms with Crippen LogP contribution in [0.25, 0.3) is 0 Å². The highest BCUT2D eigenvalue weighted by Gasteiger charge is 2.17. The van der Waals surface area contributed by atoms with Crippen LogP contribution in [0.5, 0.6) is 11.5 Å². The Balaban J connectivity index is 0.00000363. The summed E-state index contributed by atoms with van der Waals surface area (Å²) in [6.45, 7) is 2.14. The number of methoxy groups -OCH3 is 2. The lowest BCUT2D eigenvalue weighted by Crippen LogP contribution is -3.00. The van der Waals surface area contributed by atoms with Crippen LogP contribution >= 0.6 is 11.6 Å². The highest BCUT2D eigenvalue weighted by atomic mass is 79.9. The second-order valence-corrected chi connectivity index (χ2v) is 7.67. The molecule has 0 fully saturated rings. The van der Waals surface area contributed by atoms with Gasteiger partial charge in [-0.05, 0) is 49.2 Å². The zero-order chi connectivity index (χ0) is 22.4. The standard InChI is InChI=1S/C25H25ClNO4.BrH/c1-17(28)22-16-27(15-18-5-4-6-21(26)13-18)12-11-19(22)7-9-23(29)20-8-10-24(30-2)25(14-20)31-3;/h4-6,8,10-14,16H,7,9,15H2,1-3H3;1H/q+1;/p-1. The molecule has 3 rings (SSSR count). The molecule has 0 aliphatic rings. The van der Waals surface area contributed by atoms with Crippen LogP contribution < -0.4 is 31.0 Å². The predicted molar refractivity (Wildman–Crippen MR) is 119 cm³/mol. The molecule has 0 aliphatic carbocycles. The minimum atomic E-state index is -0.0333. The Morgan fingerprint density at radius 2 is 1.75 bits per heavy atom. The maximum absolute atomic E-state index is 12.7. The van der Waals surface area contributed by atoms with E-state index >= 15 is 0 Å². The molecule has 0 atom stereocenters. The minimum Gasteiger partial charge on any atom is -1.00 e. The molecule has 0 saturated heterocycles. The summed E-state index contributed by atoms with van der Waals surface area (Å²) in [7, 11) is 3.09. The van der Waals surface area contributed by atoms with Crippen molar-refractivity contribution < 1.29 is 40.6 Å². The van der Waals surface area contributed by atoms with Gasteiger partial charge in [0.1, 0.15) is 0 Å². The van der Waals surface area contributed by atoms with Crippen LogP contribution in [0, 0.1) is 0 Å². The molecule has 168 valence electrons. The smallest absolute Gasteiger partial charge is 0.180 e. The molecule has 32 heavy (non-hydrogen) atoms. The van der Waals surface area contributed by atoms with E-state index in [1.807, 2.05) is 47.3 Å². The maximum atomic E-state index is 12.7. The Kier molecular flexibility index (Phi) is 9.42. The molecule has 7 heteroatoms. The van der Waals surface area contributed by atoms with Crippen molar-refractivity contribution in [2.75, 3.05) is 14.2 Å². The first-order chi connectivity index (χ1) is 14.9. The molecule has 0 N–H and O–H groups in total. The largest absolute Gasteiger partial charge is 1.00 e. The molecule has 0 aliphatic heterocycles. The van der Waals surface area contributed by atoms with Gasteiger partial charge in [0.2, 0.25) is 0 Å². The van der Waals surface area contributed by atoms with Gasteiger partial charge in [0.25, 0.3) is 0 Å². The maximum Gasteiger partial charge on any atom is 0.180 e. The number of rotatable bonds is 9. The normalized spacial score (nSPS) is 10.2. The van der Waals surface area contributed by atoms with Crippen LogP contribution in [-0.2, 0) is 13.0 Å². The number of hydrogen-bond donors (Lipinski definition) is 0. The van der Waals surface area contributed by atoms with Gasteiger partial charge in [0.05, 0.1) is 19.8 Å². The lowest BCUT2D eigenvalue weighted by molar-refractivity contribution is -0.688. The van der Waals surface area contributed by atoms with Gasteiger partial charge in [-0.2, -0.15) is 0 Å². The summed E-state index contributed by atoms with van der Waals surface area (Å²) in [6, 6.07) is 14.6. The van der Waals surface area contributed by atoms with Gasteiger partial charge >= 0.3 is 0 Å². The van der Waals surface area contributed by atoms with E-state index in [0.29, 0.717) is 40.6 Å². The van der Waals surface area contributed by atoms with Crippen molar-refractivity contribution in [1.82, 2.24) is 0 Å². The van der Waals surface area contributed by atoms with Gasteiger partial charge in [-0.15, -0.1) is 0 Å². The number of hydrogen-bond acceptors (Lipinski definition) is 4. The Hall–Kier alpha value is -2.70. The van der Waals surface area contributed by atoms with Crippen LogP contribution in [-0.4, -0.2) is 25.8 Å². The van der Waals surface area contributed by atoms with E-state index in [9.17, 15) is 9.59 Å². The first-order valence-electron chi connectivity index (χ1n) is 9.94. The fourth-order valence-corrected chi connectivity index (χ4v) is 3.66. The number of nitrogens with zero attached hydrogens (tertiary/aromatic N) is 1. The zero-order valence-corrected chi connectivity index (χ0v) is 20.6. The van der Waals surface area contributed by atoms with Crippen molar-refractivity contribution in [3.05, 3.63) is 88.2 Å². The van der Waals surface area contributed by atoms with Gasteiger partial charge in [0.15, 0.2) is 42.0 Å². The van der Waals surface area contributed by atoms with E-state index in [-0.39, 0.29) is 35.0 Å². The lowest BCUT2D eigenvalue weighted by atomic mass is 9.98. The number of benzene rings is 2. The summed E-state index contributed by atoms with van der Waals surface area (Å²) < 4.78 is 12.4. The SMILES string of the molecule is COc1ccc(C(=O)CCc2cc[n+](Cc3cccc(Cl)c3)cc2C(C)=O)cc1OC.[Br-]. The molecule has 0 amide bonds. The van der Waals surface area contributed by atoms with Gasteiger partial charge in [-0.25, -0.2) is 4.57 Å². The van der Waals surface area contributed by atoms with E-state index in [1.54, 1.807) is 32.2 Å². The fourth-order valence-electron chi connectivity index (χ4n) is 3.45. The molecule has 1 aromatic heterocycles.